The van der Waals surface area contributed by atoms with E-state index < -0.39 is 22.7 Å². The molecular weight excluding hydrogens is 349 g/mol. The van der Waals surface area contributed by atoms with Gasteiger partial charge in [-0.25, -0.2) is 18.2 Å². The molecule has 0 unspecified atom stereocenters. The van der Waals surface area contributed by atoms with Gasteiger partial charge in [0.1, 0.15) is 22.8 Å². The summed E-state index contributed by atoms with van der Waals surface area (Å²) in [5, 5.41) is 10.3. The molecule has 0 radical (unpaired) electrons. The summed E-state index contributed by atoms with van der Waals surface area (Å²) in [6, 6.07) is 6.20. The zero-order valence-corrected chi connectivity index (χ0v) is 12.9. The van der Waals surface area contributed by atoms with Gasteiger partial charge in [-0.2, -0.15) is 0 Å². The van der Waals surface area contributed by atoms with E-state index in [-0.39, 0.29) is 28.4 Å². The maximum atomic E-state index is 13.3. The summed E-state index contributed by atoms with van der Waals surface area (Å²) in [6.45, 7) is 0. The van der Waals surface area contributed by atoms with Crippen LogP contribution in [0.25, 0.3) is 16.8 Å². The molecule has 0 aliphatic heterocycles. The second kappa shape index (κ2) is 7.31. The van der Waals surface area contributed by atoms with E-state index >= 15 is 0 Å². The van der Waals surface area contributed by atoms with E-state index in [4.69, 9.17) is 16.3 Å². The van der Waals surface area contributed by atoms with Crippen molar-refractivity contribution in [3.05, 3.63) is 63.2 Å². The number of rotatable bonds is 5. The van der Waals surface area contributed by atoms with Gasteiger partial charge in [0.25, 0.3) is 6.43 Å². The number of hydrogen-bond acceptors (Lipinski definition) is 4. The number of hydrogen-bond donors (Lipinski definition) is 0. The summed E-state index contributed by atoms with van der Waals surface area (Å²) in [4.78, 5) is 13.5. The van der Waals surface area contributed by atoms with Crippen LogP contribution in [-0.2, 0) is 0 Å². The minimum absolute atomic E-state index is 0.104. The molecule has 2 rings (SSSR count). The lowest BCUT2D eigenvalue weighted by molar-refractivity contribution is -0.401. The third kappa shape index (κ3) is 3.83. The molecule has 1 heterocycles. The number of nitrogens with zero attached hydrogens (tertiary/aromatic N) is 2. The summed E-state index contributed by atoms with van der Waals surface area (Å²) >= 11 is 5.72. The van der Waals surface area contributed by atoms with Crippen molar-refractivity contribution < 1.29 is 22.8 Å². The summed E-state index contributed by atoms with van der Waals surface area (Å²) in [7, 11) is 1.34. The highest BCUT2D eigenvalue weighted by molar-refractivity contribution is 6.31. The smallest absolute Gasteiger partial charge is 0.271 e. The number of methoxy groups -OCH3 is 1. The number of ether oxygens (including phenoxy) is 1. The lowest BCUT2D eigenvalue weighted by Gasteiger charge is -2.11. The summed E-state index contributed by atoms with van der Waals surface area (Å²) in [6.07, 6.45) is -2.90. The van der Waals surface area contributed by atoms with Crippen molar-refractivity contribution >= 4 is 17.2 Å². The average Bonchev–Trinajstić information content (AvgIpc) is 2.54. The van der Waals surface area contributed by atoms with Crippen molar-refractivity contribution in [1.82, 2.24) is 4.98 Å². The third-order valence-corrected chi connectivity index (χ3v) is 3.34. The Morgan fingerprint density at radius 1 is 1.38 bits per heavy atom. The van der Waals surface area contributed by atoms with Gasteiger partial charge in [-0.3, -0.25) is 10.1 Å². The van der Waals surface area contributed by atoms with Gasteiger partial charge in [0.2, 0.25) is 6.20 Å². The predicted octanol–water partition coefficient (Wildman–Crippen LogP) is 4.43. The number of nitro groups is 1. The lowest BCUT2D eigenvalue weighted by Crippen LogP contribution is -2.04. The zero-order chi connectivity index (χ0) is 17.9. The Kier molecular flexibility index (Phi) is 5.40. The van der Waals surface area contributed by atoms with Crippen molar-refractivity contribution in [3.63, 3.8) is 0 Å². The van der Waals surface area contributed by atoms with Gasteiger partial charge in [-0.15, -0.1) is 0 Å². The minimum Gasteiger partial charge on any atom is -0.494 e. The van der Waals surface area contributed by atoms with Crippen molar-refractivity contribution in [2.75, 3.05) is 7.11 Å². The van der Waals surface area contributed by atoms with Crippen molar-refractivity contribution in [2.45, 2.75) is 6.43 Å². The maximum absolute atomic E-state index is 13.3. The van der Waals surface area contributed by atoms with Gasteiger partial charge in [0.15, 0.2) is 0 Å². The third-order valence-electron chi connectivity index (χ3n) is 3.05. The molecule has 0 aliphatic carbocycles. The first-order chi connectivity index (χ1) is 11.3. The van der Waals surface area contributed by atoms with Crippen molar-refractivity contribution in [2.24, 2.45) is 0 Å². The molecule has 0 fully saturated rings. The Morgan fingerprint density at radius 3 is 2.62 bits per heavy atom. The lowest BCUT2D eigenvalue weighted by atomic mass is 10.1. The number of benzene rings is 1. The van der Waals surface area contributed by atoms with Crippen molar-refractivity contribution in [3.8, 4) is 17.0 Å². The fourth-order valence-corrected chi connectivity index (χ4v) is 2.15. The van der Waals surface area contributed by atoms with E-state index in [2.05, 4.69) is 4.98 Å². The highest BCUT2D eigenvalue weighted by Gasteiger charge is 2.21. The highest BCUT2D eigenvalue weighted by Crippen LogP contribution is 2.33. The number of halogens is 4. The van der Waals surface area contributed by atoms with E-state index in [1.807, 2.05) is 0 Å². The first-order valence-electron chi connectivity index (χ1n) is 6.47. The molecule has 0 amide bonds. The molecule has 0 saturated heterocycles. The van der Waals surface area contributed by atoms with Crippen LogP contribution in [-0.4, -0.2) is 23.4 Å². The van der Waals surface area contributed by atoms with E-state index in [0.29, 0.717) is 5.56 Å². The van der Waals surface area contributed by atoms with Gasteiger partial charge in [-0.1, -0.05) is 11.6 Å². The van der Waals surface area contributed by atoms with E-state index in [1.165, 1.54) is 31.4 Å². The molecule has 1 aromatic carbocycles. The van der Waals surface area contributed by atoms with Crippen LogP contribution in [0.5, 0.6) is 5.75 Å². The molecule has 0 spiro atoms. The molecule has 0 N–H and O–H groups in total. The molecule has 0 saturated carbocycles. The first-order valence-corrected chi connectivity index (χ1v) is 6.85. The molecule has 2 aromatic rings. The Balaban J connectivity index is 2.63. The normalized spacial score (nSPS) is 11.7. The quantitative estimate of drug-likeness (QED) is 0.585. The minimum atomic E-state index is -3.10. The second-order valence-corrected chi connectivity index (χ2v) is 4.95. The molecular formula is C15H10ClF3N2O3. The first kappa shape index (κ1) is 17.7. The molecule has 0 aliphatic rings. The molecule has 0 atom stereocenters. The van der Waals surface area contributed by atoms with Crippen LogP contribution in [0.1, 0.15) is 5.69 Å². The fourth-order valence-electron chi connectivity index (χ4n) is 1.97. The molecule has 5 nitrogen and oxygen atoms in total. The summed E-state index contributed by atoms with van der Waals surface area (Å²) in [5.41, 5.74) is -0.725. The number of aromatic nitrogens is 1. The highest BCUT2D eigenvalue weighted by atomic mass is 35.5. The van der Waals surface area contributed by atoms with Crippen LogP contribution in [0.3, 0.4) is 0 Å². The predicted molar refractivity (Wildman–Crippen MR) is 82.2 cm³/mol. The van der Waals surface area contributed by atoms with Gasteiger partial charge < -0.3 is 4.74 Å². The van der Waals surface area contributed by atoms with Gasteiger partial charge in [0, 0.05) is 5.56 Å². The number of pyridine rings is 1. The number of allylic oxidation sites excluding steroid dienone is 1. The number of alkyl halides is 2. The average molecular weight is 359 g/mol. The monoisotopic (exact) mass is 358 g/mol. The van der Waals surface area contributed by atoms with Crippen LogP contribution in [0.15, 0.2) is 36.5 Å². The molecule has 1 aromatic heterocycles. The van der Waals surface area contributed by atoms with Crippen LogP contribution >= 0.6 is 11.6 Å². The van der Waals surface area contributed by atoms with Gasteiger partial charge in [0.05, 0.1) is 22.7 Å². The SMILES string of the molecule is COc1ccc(/C(=C\[N+](=O)[O-])C(F)F)nc1-c1ccc(F)c(Cl)c1. The van der Waals surface area contributed by atoms with E-state index in [1.54, 1.807) is 0 Å². The van der Waals surface area contributed by atoms with Crippen LogP contribution in [0.2, 0.25) is 5.02 Å². The molecule has 126 valence electrons. The topological polar surface area (TPSA) is 65.3 Å². The Morgan fingerprint density at radius 2 is 2.08 bits per heavy atom. The second-order valence-electron chi connectivity index (χ2n) is 4.55. The van der Waals surface area contributed by atoms with Crippen LogP contribution < -0.4 is 4.74 Å². The van der Waals surface area contributed by atoms with Gasteiger partial charge >= 0.3 is 0 Å². The van der Waals surface area contributed by atoms with Crippen molar-refractivity contribution in [1.29, 1.82) is 0 Å². The van der Waals surface area contributed by atoms with E-state index in [9.17, 15) is 23.3 Å². The zero-order valence-electron chi connectivity index (χ0n) is 12.2. The Hall–Kier alpha value is -2.61. The molecule has 0 bridgehead atoms. The Labute approximate surface area is 139 Å². The summed E-state index contributed by atoms with van der Waals surface area (Å²) in [5.74, 6) is -0.437. The standard InChI is InChI=1S/C15H10ClF3N2O3/c1-24-13-5-4-12(9(15(18)19)7-21(22)23)20-14(13)8-2-3-11(17)10(16)6-8/h2-7,15H,1H3/b9-7+. The largest absolute Gasteiger partial charge is 0.494 e. The maximum Gasteiger partial charge on any atom is 0.271 e. The Bertz CT molecular complexity index is 813. The fraction of sp³-hybridized carbons (Fsp3) is 0.133. The summed E-state index contributed by atoms with van der Waals surface area (Å²) < 4.78 is 44.5. The van der Waals surface area contributed by atoms with Crippen LogP contribution in [0.4, 0.5) is 13.2 Å². The van der Waals surface area contributed by atoms with Crippen LogP contribution in [0, 0.1) is 15.9 Å². The van der Waals surface area contributed by atoms with Gasteiger partial charge in [-0.05, 0) is 30.3 Å². The molecule has 24 heavy (non-hydrogen) atoms. The van der Waals surface area contributed by atoms with E-state index in [0.717, 1.165) is 6.07 Å². The molecule has 9 heteroatoms.